The van der Waals surface area contributed by atoms with Gasteiger partial charge in [-0.25, -0.2) is 14.3 Å². The lowest BCUT2D eigenvalue weighted by Crippen LogP contribution is -2.33. The summed E-state index contributed by atoms with van der Waals surface area (Å²) in [5.74, 6) is 0.694. The van der Waals surface area contributed by atoms with Crippen LogP contribution in [-0.2, 0) is 9.98 Å². The summed E-state index contributed by atoms with van der Waals surface area (Å²) in [4.78, 5) is 7.16. The summed E-state index contributed by atoms with van der Waals surface area (Å²) in [6.45, 7) is 8.09. The molecule has 6 nitrogen and oxygen atoms in total. The van der Waals surface area contributed by atoms with Crippen molar-refractivity contribution < 1.29 is 4.57 Å². The number of likely N-dealkylation sites (N-methyl/N-ethyl adjacent to an activating group) is 1. The van der Waals surface area contributed by atoms with Gasteiger partial charge >= 0.3 is 0 Å². The molecular weight excluding hydrogens is 441 g/mol. The Morgan fingerprint density at radius 1 is 0.971 bits per heavy atom. The van der Waals surface area contributed by atoms with Crippen molar-refractivity contribution in [2.24, 2.45) is 4.99 Å². The Morgan fingerprint density at radius 2 is 1.65 bits per heavy atom. The highest BCUT2D eigenvalue weighted by Gasteiger charge is 2.50. The Bertz CT molecular complexity index is 1400. The van der Waals surface area contributed by atoms with E-state index in [1.54, 1.807) is 0 Å². The fraction of sp³-hybridized carbons (Fsp3) is 0.333. The van der Waals surface area contributed by atoms with Crippen molar-refractivity contribution in [3.8, 4) is 5.69 Å². The number of allylic oxidation sites excluding steroid dienone is 2. The van der Waals surface area contributed by atoms with Gasteiger partial charge in [0.25, 0.3) is 0 Å². The molecule has 0 spiro atoms. The lowest BCUT2D eigenvalue weighted by molar-refractivity contribution is 0.488. The molecule has 0 radical (unpaired) electrons. The van der Waals surface area contributed by atoms with Crippen LogP contribution in [0.3, 0.4) is 0 Å². The van der Waals surface area contributed by atoms with Gasteiger partial charge in [-0.2, -0.15) is 5.10 Å². The van der Waals surface area contributed by atoms with E-state index in [9.17, 15) is 0 Å². The normalized spacial score (nSPS) is 25.6. The van der Waals surface area contributed by atoms with Gasteiger partial charge in [0.05, 0.1) is 22.0 Å². The summed E-state index contributed by atoms with van der Waals surface area (Å²) in [6.07, 6.45) is 4.00. The number of hydrogen-bond donors (Lipinski definition) is 0. The van der Waals surface area contributed by atoms with Crippen LogP contribution in [0.2, 0.25) is 0 Å². The predicted octanol–water partition coefficient (Wildman–Crippen LogP) is 5.54. The summed E-state index contributed by atoms with van der Waals surface area (Å²) < 4.78 is 19.6. The summed E-state index contributed by atoms with van der Waals surface area (Å²) in [5, 5.41) is 6.50. The van der Waals surface area contributed by atoms with Crippen molar-refractivity contribution in [3.63, 3.8) is 0 Å². The Labute approximate surface area is 201 Å². The van der Waals surface area contributed by atoms with Gasteiger partial charge in [0, 0.05) is 43.2 Å². The molecule has 0 N–H and O–H groups in total. The molecule has 1 atom stereocenters. The van der Waals surface area contributed by atoms with Crippen LogP contribution >= 0.6 is 7.29 Å². The molecule has 1 unspecified atom stereocenters. The lowest BCUT2D eigenvalue weighted by Gasteiger charge is -2.36. The first kappa shape index (κ1) is 21.6. The summed E-state index contributed by atoms with van der Waals surface area (Å²) in [7, 11) is -1.06. The number of hydrogen-bond acceptors (Lipinski definition) is 4. The second-order valence-electron chi connectivity index (χ2n) is 9.93. The molecule has 1 fully saturated rings. The second kappa shape index (κ2) is 7.53. The van der Waals surface area contributed by atoms with Gasteiger partial charge in [-0.05, 0) is 43.5 Å². The molecule has 2 aromatic carbocycles. The quantitative estimate of drug-likeness (QED) is 0.461. The average molecular weight is 472 g/mol. The van der Waals surface area contributed by atoms with Crippen LogP contribution in [0.5, 0.6) is 0 Å². The highest BCUT2D eigenvalue weighted by Crippen LogP contribution is 2.64. The number of aryl methyl sites for hydroxylation is 1. The van der Waals surface area contributed by atoms with Crippen LogP contribution in [-0.4, -0.2) is 40.8 Å². The van der Waals surface area contributed by atoms with Gasteiger partial charge in [0.2, 0.25) is 7.29 Å². The minimum atomic E-state index is -3.15. The van der Waals surface area contributed by atoms with Crippen molar-refractivity contribution in [2.45, 2.75) is 39.0 Å². The molecule has 0 bridgehead atoms. The molecule has 1 saturated heterocycles. The van der Waals surface area contributed by atoms with Crippen LogP contribution in [0, 0.1) is 6.92 Å². The van der Waals surface area contributed by atoms with E-state index in [1.165, 1.54) is 11.3 Å². The summed E-state index contributed by atoms with van der Waals surface area (Å²) in [6, 6.07) is 18.5. The van der Waals surface area contributed by atoms with E-state index in [0.29, 0.717) is 5.82 Å². The van der Waals surface area contributed by atoms with Gasteiger partial charge in [-0.15, -0.1) is 0 Å². The molecule has 3 aliphatic rings. The first-order valence-corrected chi connectivity index (χ1v) is 13.6. The van der Waals surface area contributed by atoms with E-state index in [-0.39, 0.29) is 5.41 Å². The zero-order valence-corrected chi connectivity index (χ0v) is 21.1. The monoisotopic (exact) mass is 471 g/mol. The number of fused-ring (bicyclic) bond motifs is 2. The smallest absolute Gasteiger partial charge is 0.216 e. The molecule has 3 aromatic rings. The molecule has 0 aliphatic carbocycles. The molecule has 0 saturated carbocycles. The number of anilines is 1. The number of aliphatic imine (C=N–C) groups is 1. The van der Waals surface area contributed by atoms with Crippen LogP contribution < -0.4 is 10.2 Å². The largest absolute Gasteiger partial charge is 0.346 e. The van der Waals surface area contributed by atoms with Gasteiger partial charge in [0.1, 0.15) is 0 Å². The molecule has 6 rings (SSSR count). The molecule has 1 aromatic heterocycles. The van der Waals surface area contributed by atoms with Crippen molar-refractivity contribution >= 4 is 30.3 Å². The van der Waals surface area contributed by atoms with Crippen LogP contribution in [0.1, 0.15) is 37.9 Å². The second-order valence-corrected chi connectivity index (χ2v) is 12.6. The Hall–Kier alpha value is -2.95. The summed E-state index contributed by atoms with van der Waals surface area (Å²) in [5.41, 5.74) is 4.93. The topological polar surface area (TPSA) is 53.7 Å². The third-order valence-corrected chi connectivity index (χ3v) is 10.8. The highest BCUT2D eigenvalue weighted by molar-refractivity contribution is 7.75. The molecule has 34 heavy (non-hydrogen) atoms. The van der Waals surface area contributed by atoms with Crippen LogP contribution in [0.15, 0.2) is 70.6 Å². The van der Waals surface area contributed by atoms with Crippen molar-refractivity contribution in [2.75, 3.05) is 25.0 Å². The van der Waals surface area contributed by atoms with Gasteiger partial charge in [-0.3, -0.25) is 4.57 Å². The van der Waals surface area contributed by atoms with E-state index in [1.807, 2.05) is 48.2 Å². The molecular formula is C27H30N5OP. The maximum absolute atomic E-state index is 15.5. The molecule has 174 valence electrons. The minimum Gasteiger partial charge on any atom is -0.346 e. The van der Waals surface area contributed by atoms with E-state index in [0.717, 1.165) is 53.6 Å². The molecule has 3 aliphatic heterocycles. The Morgan fingerprint density at radius 3 is 2.35 bits per heavy atom. The van der Waals surface area contributed by atoms with E-state index in [4.69, 9.17) is 10.1 Å². The van der Waals surface area contributed by atoms with E-state index < -0.39 is 7.29 Å². The van der Waals surface area contributed by atoms with Gasteiger partial charge < -0.3 is 4.90 Å². The SMILES string of the molecule is Cc1nn(-c2ccccc2)c2c1P(=O)(N1CCCC1)C(=C1N(C)c3ccccc3C1(C)C)C=N2. The number of rotatable bonds is 2. The first-order chi connectivity index (χ1) is 16.3. The summed E-state index contributed by atoms with van der Waals surface area (Å²) >= 11 is 0. The Balaban J connectivity index is 1.64. The third kappa shape index (κ3) is 2.82. The maximum atomic E-state index is 15.5. The standard InChI is InChI=1S/C27H30N5OP/c1-19-24-26(32(29-19)20-12-6-5-7-13-20)28-18-23(34(24,33)31-16-10-11-17-31)25-27(2,3)21-14-8-9-15-22(21)30(25)4/h5-9,12-15,18H,10-11,16-17H2,1-4H3. The highest BCUT2D eigenvalue weighted by atomic mass is 31.2. The zero-order valence-electron chi connectivity index (χ0n) is 20.2. The molecule has 4 heterocycles. The van der Waals surface area contributed by atoms with Crippen LogP contribution in [0.25, 0.3) is 5.69 Å². The third-order valence-electron chi connectivity index (χ3n) is 7.53. The minimum absolute atomic E-state index is 0.289. The van der Waals surface area contributed by atoms with E-state index in [2.05, 4.69) is 54.7 Å². The van der Waals surface area contributed by atoms with Crippen molar-refractivity contribution in [1.82, 2.24) is 14.5 Å². The fourth-order valence-corrected chi connectivity index (χ4v) is 9.49. The average Bonchev–Trinajstić information content (AvgIpc) is 3.54. The number of benzene rings is 2. The van der Waals surface area contributed by atoms with Crippen molar-refractivity contribution in [1.29, 1.82) is 0 Å². The van der Waals surface area contributed by atoms with Crippen molar-refractivity contribution in [3.05, 3.63) is 76.9 Å². The molecule has 0 amide bonds. The maximum Gasteiger partial charge on any atom is 0.216 e. The fourth-order valence-electron chi connectivity index (χ4n) is 5.98. The Kier molecular flexibility index (Phi) is 4.78. The van der Waals surface area contributed by atoms with Gasteiger partial charge in [-0.1, -0.05) is 50.2 Å². The first-order valence-electron chi connectivity index (χ1n) is 12.0. The van der Waals surface area contributed by atoms with Crippen LogP contribution in [0.4, 0.5) is 11.5 Å². The lowest BCUT2D eigenvalue weighted by atomic mass is 9.84. The zero-order chi connectivity index (χ0) is 23.7. The predicted molar refractivity (Wildman–Crippen MR) is 139 cm³/mol. The van der Waals surface area contributed by atoms with Gasteiger partial charge in [0.15, 0.2) is 5.82 Å². The van der Waals surface area contributed by atoms with E-state index >= 15 is 4.57 Å². The molecule has 7 heteroatoms. The number of aromatic nitrogens is 2. The number of para-hydroxylation sites is 2. The number of nitrogens with zero attached hydrogens (tertiary/aromatic N) is 5.